The Kier molecular flexibility index (Phi) is 5.10. The SMILES string of the molecule is CCCCCS(=O)(=O)CC1(CBr)CCC1. The first-order valence-electron chi connectivity index (χ1n) is 5.80. The van der Waals surface area contributed by atoms with E-state index in [4.69, 9.17) is 0 Å². The van der Waals surface area contributed by atoms with Crippen molar-refractivity contribution in [2.75, 3.05) is 16.8 Å². The van der Waals surface area contributed by atoms with Gasteiger partial charge < -0.3 is 0 Å². The molecule has 0 aromatic rings. The van der Waals surface area contributed by atoms with Crippen LogP contribution >= 0.6 is 15.9 Å². The number of rotatable bonds is 7. The lowest BCUT2D eigenvalue weighted by Crippen LogP contribution is -2.39. The molecule has 0 N–H and O–H groups in total. The second kappa shape index (κ2) is 5.67. The molecule has 1 fully saturated rings. The molecule has 0 aromatic heterocycles. The maximum absolute atomic E-state index is 11.9. The van der Waals surface area contributed by atoms with Gasteiger partial charge in [0.2, 0.25) is 0 Å². The van der Waals surface area contributed by atoms with Gasteiger partial charge in [0.25, 0.3) is 0 Å². The zero-order chi connectivity index (χ0) is 11.4. The molecule has 1 rings (SSSR count). The van der Waals surface area contributed by atoms with Gasteiger partial charge in [-0.25, -0.2) is 8.42 Å². The topological polar surface area (TPSA) is 34.1 Å². The second-order valence-corrected chi connectivity index (χ2v) is 7.53. The number of alkyl halides is 1. The van der Waals surface area contributed by atoms with Crippen molar-refractivity contribution < 1.29 is 8.42 Å². The zero-order valence-electron chi connectivity index (χ0n) is 9.47. The monoisotopic (exact) mass is 296 g/mol. The van der Waals surface area contributed by atoms with E-state index in [2.05, 4.69) is 22.9 Å². The van der Waals surface area contributed by atoms with Gasteiger partial charge in [0.05, 0.1) is 11.5 Å². The summed E-state index contributed by atoms with van der Waals surface area (Å²) < 4.78 is 23.7. The largest absolute Gasteiger partial charge is 0.229 e. The normalized spacial score (nSPS) is 19.9. The zero-order valence-corrected chi connectivity index (χ0v) is 11.9. The highest BCUT2D eigenvalue weighted by Crippen LogP contribution is 2.43. The average Bonchev–Trinajstić information content (AvgIpc) is 2.12. The van der Waals surface area contributed by atoms with E-state index < -0.39 is 9.84 Å². The molecule has 0 atom stereocenters. The van der Waals surface area contributed by atoms with E-state index in [-0.39, 0.29) is 5.41 Å². The Hall–Kier alpha value is 0.430. The van der Waals surface area contributed by atoms with E-state index in [0.29, 0.717) is 11.5 Å². The van der Waals surface area contributed by atoms with Crippen LogP contribution in [0.2, 0.25) is 0 Å². The number of hydrogen-bond donors (Lipinski definition) is 0. The first-order chi connectivity index (χ1) is 7.04. The molecule has 0 unspecified atom stereocenters. The van der Waals surface area contributed by atoms with Crippen LogP contribution in [0, 0.1) is 5.41 Å². The molecule has 0 saturated heterocycles. The molecule has 1 aliphatic carbocycles. The quantitative estimate of drug-likeness (QED) is 0.534. The highest BCUT2D eigenvalue weighted by Gasteiger charge is 2.39. The van der Waals surface area contributed by atoms with Gasteiger partial charge in [0.1, 0.15) is 0 Å². The first kappa shape index (κ1) is 13.5. The Balaban J connectivity index is 2.41. The molecule has 0 amide bonds. The third-order valence-corrected chi connectivity index (χ3v) is 6.44. The van der Waals surface area contributed by atoms with Crippen LogP contribution in [-0.4, -0.2) is 25.3 Å². The number of sulfone groups is 1. The van der Waals surface area contributed by atoms with Crippen LogP contribution < -0.4 is 0 Å². The van der Waals surface area contributed by atoms with Gasteiger partial charge in [-0.2, -0.15) is 0 Å². The smallest absolute Gasteiger partial charge is 0.150 e. The molecule has 0 aromatic carbocycles. The molecule has 0 aliphatic heterocycles. The Morgan fingerprint density at radius 1 is 1.27 bits per heavy atom. The summed E-state index contributed by atoms with van der Waals surface area (Å²) in [6.45, 7) is 2.10. The van der Waals surface area contributed by atoms with Gasteiger partial charge in [-0.1, -0.05) is 42.1 Å². The molecule has 4 heteroatoms. The summed E-state index contributed by atoms with van der Waals surface area (Å²) >= 11 is 3.45. The highest BCUT2D eigenvalue weighted by atomic mass is 79.9. The standard InChI is InChI=1S/C11H21BrO2S/c1-2-3-4-8-15(13,14)10-11(9-12)6-5-7-11/h2-10H2,1H3. The highest BCUT2D eigenvalue weighted by molar-refractivity contribution is 9.09. The Bertz CT molecular complexity index is 275. The predicted octanol–water partition coefficient (Wildman–Crippen LogP) is 3.16. The van der Waals surface area contributed by atoms with Gasteiger partial charge in [-0.3, -0.25) is 0 Å². The summed E-state index contributed by atoms with van der Waals surface area (Å²) in [5.41, 5.74) is 0.0745. The molecule has 15 heavy (non-hydrogen) atoms. The van der Waals surface area contributed by atoms with Crippen molar-refractivity contribution in [2.45, 2.75) is 45.4 Å². The summed E-state index contributed by atoms with van der Waals surface area (Å²) in [6.07, 6.45) is 6.28. The first-order valence-corrected chi connectivity index (χ1v) is 8.74. The van der Waals surface area contributed by atoms with Crippen molar-refractivity contribution >= 4 is 25.8 Å². The minimum absolute atomic E-state index is 0.0745. The molecule has 90 valence electrons. The Morgan fingerprint density at radius 2 is 1.93 bits per heavy atom. The fourth-order valence-electron chi connectivity index (χ4n) is 2.10. The van der Waals surface area contributed by atoms with Crippen LogP contribution in [0.15, 0.2) is 0 Å². The van der Waals surface area contributed by atoms with Gasteiger partial charge in [0, 0.05) is 5.33 Å². The van der Waals surface area contributed by atoms with Crippen molar-refractivity contribution in [1.82, 2.24) is 0 Å². The minimum atomic E-state index is -2.81. The molecule has 1 aliphatic rings. The van der Waals surface area contributed by atoms with Crippen molar-refractivity contribution in [3.05, 3.63) is 0 Å². The van der Waals surface area contributed by atoms with E-state index >= 15 is 0 Å². The summed E-state index contributed by atoms with van der Waals surface area (Å²) in [5, 5.41) is 0.840. The fraction of sp³-hybridized carbons (Fsp3) is 1.00. The lowest BCUT2D eigenvalue weighted by atomic mass is 9.72. The van der Waals surface area contributed by atoms with Gasteiger partial charge >= 0.3 is 0 Å². The van der Waals surface area contributed by atoms with E-state index in [1.165, 1.54) is 6.42 Å². The van der Waals surface area contributed by atoms with Crippen LogP contribution in [0.25, 0.3) is 0 Å². The molecule has 0 heterocycles. The van der Waals surface area contributed by atoms with Gasteiger partial charge in [-0.15, -0.1) is 0 Å². The molecule has 1 saturated carbocycles. The summed E-state index contributed by atoms with van der Waals surface area (Å²) in [7, 11) is -2.81. The van der Waals surface area contributed by atoms with Crippen LogP contribution in [0.5, 0.6) is 0 Å². The molecule has 0 bridgehead atoms. The van der Waals surface area contributed by atoms with Crippen molar-refractivity contribution in [1.29, 1.82) is 0 Å². The maximum Gasteiger partial charge on any atom is 0.150 e. The van der Waals surface area contributed by atoms with E-state index in [0.717, 1.165) is 37.4 Å². The summed E-state index contributed by atoms with van der Waals surface area (Å²) in [6, 6.07) is 0. The molecular weight excluding hydrogens is 276 g/mol. The number of unbranched alkanes of at least 4 members (excludes halogenated alkanes) is 2. The van der Waals surface area contributed by atoms with Crippen LogP contribution in [0.3, 0.4) is 0 Å². The second-order valence-electron chi connectivity index (χ2n) is 4.79. The third kappa shape index (κ3) is 4.06. The van der Waals surface area contributed by atoms with Crippen molar-refractivity contribution in [3.8, 4) is 0 Å². The lowest BCUT2D eigenvalue weighted by Gasteiger charge is -2.40. The third-order valence-electron chi connectivity index (χ3n) is 3.28. The molecular formula is C11H21BrO2S. The van der Waals surface area contributed by atoms with E-state index in [9.17, 15) is 8.42 Å². The van der Waals surface area contributed by atoms with Crippen LogP contribution in [0.4, 0.5) is 0 Å². The van der Waals surface area contributed by atoms with Gasteiger partial charge in [-0.05, 0) is 24.7 Å². The minimum Gasteiger partial charge on any atom is -0.229 e. The van der Waals surface area contributed by atoms with E-state index in [1.807, 2.05) is 0 Å². The summed E-state index contributed by atoms with van der Waals surface area (Å²) in [5.74, 6) is 0.782. The predicted molar refractivity (Wildman–Crippen MR) is 68.3 cm³/mol. The van der Waals surface area contributed by atoms with Gasteiger partial charge in [0.15, 0.2) is 9.84 Å². The average molecular weight is 297 g/mol. The molecule has 0 spiro atoms. The summed E-state index contributed by atoms with van der Waals surface area (Å²) in [4.78, 5) is 0. The van der Waals surface area contributed by atoms with E-state index in [1.54, 1.807) is 0 Å². The molecule has 2 nitrogen and oxygen atoms in total. The number of halogens is 1. The number of hydrogen-bond acceptors (Lipinski definition) is 2. The van der Waals surface area contributed by atoms with Crippen LogP contribution in [-0.2, 0) is 9.84 Å². The molecule has 0 radical (unpaired) electrons. The van der Waals surface area contributed by atoms with Crippen LogP contribution in [0.1, 0.15) is 45.4 Å². The van der Waals surface area contributed by atoms with Crippen molar-refractivity contribution in [2.24, 2.45) is 5.41 Å². The fourth-order valence-corrected chi connectivity index (χ4v) is 5.24. The van der Waals surface area contributed by atoms with Crippen molar-refractivity contribution in [3.63, 3.8) is 0 Å². The Labute approximate surface area is 102 Å². The Morgan fingerprint density at radius 3 is 2.33 bits per heavy atom. The lowest BCUT2D eigenvalue weighted by molar-refractivity contribution is 0.203. The maximum atomic E-state index is 11.9.